The molecule has 1 heterocycles. The lowest BCUT2D eigenvalue weighted by Crippen LogP contribution is -2.29. The van der Waals surface area contributed by atoms with Crippen molar-refractivity contribution in [3.05, 3.63) is 21.9 Å². The molecule has 5 N–H and O–H groups in total. The number of nitrogens with one attached hydrogen (secondary N) is 1. The lowest BCUT2D eigenvalue weighted by Gasteiger charge is -2.15. The fraction of sp³-hybridized carbons (Fsp3) is 0.400. The number of nitrogen functional groups attached to an aromatic ring is 1. The SMILES string of the molecule is CC(=O)SCC(O)C(O)c1ccc(C(=O)NN)s1. The molecule has 2 unspecified atom stereocenters. The Labute approximate surface area is 112 Å². The fourth-order valence-electron chi connectivity index (χ4n) is 1.19. The number of hydrogen-bond acceptors (Lipinski definition) is 7. The zero-order chi connectivity index (χ0) is 13.7. The van der Waals surface area contributed by atoms with Gasteiger partial charge in [0.2, 0.25) is 0 Å². The highest BCUT2D eigenvalue weighted by Gasteiger charge is 2.21. The lowest BCUT2D eigenvalue weighted by molar-refractivity contribution is -0.109. The number of aliphatic hydroxyl groups excluding tert-OH is 2. The molecular weight excluding hydrogens is 276 g/mol. The van der Waals surface area contributed by atoms with E-state index in [1.54, 1.807) is 6.07 Å². The van der Waals surface area contributed by atoms with Crippen LogP contribution in [-0.4, -0.2) is 33.1 Å². The highest BCUT2D eigenvalue weighted by atomic mass is 32.2. The maximum atomic E-state index is 11.2. The van der Waals surface area contributed by atoms with Crippen LogP contribution in [0.2, 0.25) is 0 Å². The first-order valence-electron chi connectivity index (χ1n) is 5.06. The third kappa shape index (κ3) is 4.07. The van der Waals surface area contributed by atoms with Crippen molar-refractivity contribution in [3.8, 4) is 0 Å². The molecule has 1 aromatic rings. The highest BCUT2D eigenvalue weighted by Crippen LogP contribution is 2.27. The third-order valence-corrected chi connectivity index (χ3v) is 4.16. The number of carbonyl (C=O) groups excluding carboxylic acids is 2. The Balaban J connectivity index is 2.65. The van der Waals surface area contributed by atoms with Crippen molar-refractivity contribution in [2.45, 2.75) is 19.1 Å². The molecule has 0 radical (unpaired) electrons. The minimum atomic E-state index is -1.12. The molecule has 0 aliphatic heterocycles. The summed E-state index contributed by atoms with van der Waals surface area (Å²) in [6.45, 7) is 1.39. The predicted molar refractivity (Wildman–Crippen MR) is 70.1 cm³/mol. The Kier molecular flexibility index (Phi) is 5.76. The fourth-order valence-corrected chi connectivity index (χ4v) is 2.73. The molecule has 1 aromatic heterocycles. The second-order valence-electron chi connectivity index (χ2n) is 3.49. The van der Waals surface area contributed by atoms with Gasteiger partial charge in [0.15, 0.2) is 5.12 Å². The van der Waals surface area contributed by atoms with Gasteiger partial charge in [0.25, 0.3) is 5.91 Å². The minimum Gasteiger partial charge on any atom is -0.389 e. The van der Waals surface area contributed by atoms with Crippen LogP contribution in [-0.2, 0) is 4.79 Å². The van der Waals surface area contributed by atoms with Crippen LogP contribution >= 0.6 is 23.1 Å². The maximum Gasteiger partial charge on any atom is 0.275 e. The molecule has 1 rings (SSSR count). The van der Waals surface area contributed by atoms with Gasteiger partial charge in [-0.2, -0.15) is 0 Å². The summed E-state index contributed by atoms with van der Waals surface area (Å²) in [5.41, 5.74) is 1.98. The Bertz CT molecular complexity index is 435. The van der Waals surface area contributed by atoms with E-state index < -0.39 is 18.1 Å². The Hall–Kier alpha value is -0.930. The molecule has 6 nitrogen and oxygen atoms in total. The number of thiophene rings is 1. The van der Waals surface area contributed by atoms with Crippen molar-refractivity contribution in [2.75, 3.05) is 5.75 Å². The molecule has 0 aliphatic carbocycles. The van der Waals surface area contributed by atoms with Crippen molar-refractivity contribution in [2.24, 2.45) is 5.84 Å². The second-order valence-corrected chi connectivity index (χ2v) is 5.80. The van der Waals surface area contributed by atoms with E-state index in [9.17, 15) is 19.8 Å². The largest absolute Gasteiger partial charge is 0.389 e. The maximum absolute atomic E-state index is 11.2. The van der Waals surface area contributed by atoms with E-state index in [1.807, 2.05) is 5.43 Å². The highest BCUT2D eigenvalue weighted by molar-refractivity contribution is 8.13. The number of amides is 1. The van der Waals surface area contributed by atoms with Gasteiger partial charge in [-0.3, -0.25) is 15.0 Å². The molecule has 0 fully saturated rings. The van der Waals surface area contributed by atoms with E-state index >= 15 is 0 Å². The summed E-state index contributed by atoms with van der Waals surface area (Å²) in [4.78, 5) is 22.8. The molecule has 0 aliphatic rings. The van der Waals surface area contributed by atoms with Gasteiger partial charge in [0.05, 0.1) is 11.0 Å². The average molecular weight is 290 g/mol. The summed E-state index contributed by atoms with van der Waals surface area (Å²) in [7, 11) is 0. The van der Waals surface area contributed by atoms with Crippen molar-refractivity contribution >= 4 is 34.1 Å². The van der Waals surface area contributed by atoms with Crippen LogP contribution < -0.4 is 11.3 Å². The molecule has 8 heteroatoms. The predicted octanol–water partition coefficient (Wildman–Crippen LogP) is 0.0256. The monoisotopic (exact) mass is 290 g/mol. The summed E-state index contributed by atoms with van der Waals surface area (Å²) in [5, 5.41) is 19.4. The molecule has 0 aromatic carbocycles. The first-order chi connectivity index (χ1) is 8.45. The van der Waals surface area contributed by atoms with Crippen molar-refractivity contribution in [1.82, 2.24) is 5.43 Å². The van der Waals surface area contributed by atoms with Gasteiger partial charge < -0.3 is 10.2 Å². The molecule has 0 spiro atoms. The quantitative estimate of drug-likeness (QED) is 0.346. The lowest BCUT2D eigenvalue weighted by atomic mass is 10.2. The zero-order valence-electron chi connectivity index (χ0n) is 9.62. The number of thioether (sulfide) groups is 1. The molecule has 0 saturated carbocycles. The molecule has 0 bridgehead atoms. The summed E-state index contributed by atoms with van der Waals surface area (Å²) in [6, 6.07) is 3.05. The first-order valence-corrected chi connectivity index (χ1v) is 6.86. The Morgan fingerprint density at radius 3 is 2.72 bits per heavy atom. The first kappa shape index (κ1) is 15.1. The number of hydrogen-bond donors (Lipinski definition) is 4. The van der Waals surface area contributed by atoms with Crippen molar-refractivity contribution < 1.29 is 19.8 Å². The molecule has 100 valence electrons. The van der Waals surface area contributed by atoms with Crippen LogP contribution in [0.15, 0.2) is 12.1 Å². The van der Waals surface area contributed by atoms with Gasteiger partial charge in [-0.1, -0.05) is 11.8 Å². The van der Waals surface area contributed by atoms with Crippen LogP contribution in [0.5, 0.6) is 0 Å². The smallest absolute Gasteiger partial charge is 0.275 e. The van der Waals surface area contributed by atoms with Gasteiger partial charge in [-0.25, -0.2) is 5.84 Å². The van der Waals surface area contributed by atoms with E-state index in [1.165, 1.54) is 13.0 Å². The van der Waals surface area contributed by atoms with E-state index in [4.69, 9.17) is 5.84 Å². The normalized spacial score (nSPS) is 14.0. The van der Waals surface area contributed by atoms with Gasteiger partial charge in [-0.05, 0) is 12.1 Å². The van der Waals surface area contributed by atoms with Crippen LogP contribution in [0, 0.1) is 0 Å². The number of aliphatic hydroxyl groups is 2. The molecule has 0 saturated heterocycles. The average Bonchev–Trinajstić information content (AvgIpc) is 2.83. The number of carbonyl (C=O) groups is 2. The molecule has 1 amide bonds. The van der Waals surface area contributed by atoms with Gasteiger partial charge >= 0.3 is 0 Å². The van der Waals surface area contributed by atoms with Crippen LogP contribution in [0.4, 0.5) is 0 Å². The summed E-state index contributed by atoms with van der Waals surface area (Å²) in [6.07, 6.45) is -2.19. The zero-order valence-corrected chi connectivity index (χ0v) is 11.3. The van der Waals surface area contributed by atoms with E-state index in [2.05, 4.69) is 0 Å². The summed E-state index contributed by atoms with van der Waals surface area (Å²) >= 11 is 1.98. The van der Waals surface area contributed by atoms with E-state index in [0.717, 1.165) is 23.1 Å². The van der Waals surface area contributed by atoms with Gasteiger partial charge in [-0.15, -0.1) is 11.3 Å². The third-order valence-electron chi connectivity index (χ3n) is 2.09. The number of hydrazine groups is 1. The topological polar surface area (TPSA) is 113 Å². The van der Waals surface area contributed by atoms with E-state index in [0.29, 0.717) is 9.75 Å². The number of nitrogens with two attached hydrogens (primary N) is 1. The molecule has 18 heavy (non-hydrogen) atoms. The second kappa shape index (κ2) is 6.86. The Morgan fingerprint density at radius 2 is 2.17 bits per heavy atom. The Morgan fingerprint density at radius 1 is 1.50 bits per heavy atom. The summed E-state index contributed by atoms with van der Waals surface area (Å²) in [5.74, 6) is 4.64. The summed E-state index contributed by atoms with van der Waals surface area (Å²) < 4.78 is 0. The van der Waals surface area contributed by atoms with Gasteiger partial charge in [0.1, 0.15) is 6.10 Å². The van der Waals surface area contributed by atoms with Crippen LogP contribution in [0.25, 0.3) is 0 Å². The molecule has 2 atom stereocenters. The van der Waals surface area contributed by atoms with Crippen molar-refractivity contribution in [1.29, 1.82) is 0 Å². The number of rotatable bonds is 5. The van der Waals surface area contributed by atoms with Crippen LogP contribution in [0.3, 0.4) is 0 Å². The van der Waals surface area contributed by atoms with Crippen LogP contribution in [0.1, 0.15) is 27.6 Å². The standard InChI is InChI=1S/C10H14N2O4S2/c1-5(13)17-4-6(14)9(15)7-2-3-8(18-7)10(16)12-11/h2-3,6,9,14-15H,4,11H2,1H3,(H,12,16). The van der Waals surface area contributed by atoms with Gasteiger partial charge in [0, 0.05) is 17.6 Å². The van der Waals surface area contributed by atoms with Crippen molar-refractivity contribution in [3.63, 3.8) is 0 Å². The molecular formula is C10H14N2O4S2. The van der Waals surface area contributed by atoms with E-state index in [-0.39, 0.29) is 10.9 Å². The minimum absolute atomic E-state index is 0.104.